The molecule has 0 aromatic carbocycles. The van der Waals surface area contributed by atoms with E-state index in [1.54, 1.807) is 0 Å². The fraction of sp³-hybridized carbons (Fsp3) is 0. The highest BCUT2D eigenvalue weighted by Crippen LogP contribution is 2.02. The summed E-state index contributed by atoms with van der Waals surface area (Å²) in [6.45, 7) is 0. The normalized spacial score (nSPS) is 9.29. The lowest BCUT2D eigenvalue weighted by molar-refractivity contribution is 0.421. The van der Waals surface area contributed by atoms with E-state index in [2.05, 4.69) is 14.7 Å². The van der Waals surface area contributed by atoms with Crippen LogP contribution in [0.4, 0.5) is 5.95 Å². The third-order valence-electron chi connectivity index (χ3n) is 0.417. The van der Waals surface area contributed by atoms with Crippen LogP contribution in [0.1, 0.15) is 0 Å². The van der Waals surface area contributed by atoms with Crippen LogP contribution in [0.25, 0.3) is 0 Å². The van der Waals surface area contributed by atoms with Crippen LogP contribution >= 0.6 is 11.6 Å². The van der Waals surface area contributed by atoms with Gasteiger partial charge in [-0.2, -0.15) is 4.98 Å². The van der Waals surface area contributed by atoms with Gasteiger partial charge in [-0.1, -0.05) is 0 Å². The van der Waals surface area contributed by atoms with Crippen molar-refractivity contribution < 1.29 is 4.52 Å². The van der Waals surface area contributed by atoms with Gasteiger partial charge in [0.2, 0.25) is 0 Å². The highest BCUT2D eigenvalue weighted by molar-refractivity contribution is 6.27. The fourth-order valence-corrected chi connectivity index (χ4v) is 0.336. The van der Waals surface area contributed by atoms with E-state index in [0.29, 0.717) is 0 Å². The summed E-state index contributed by atoms with van der Waals surface area (Å²) in [5.41, 5.74) is 4.98. The van der Waals surface area contributed by atoms with Crippen LogP contribution < -0.4 is 5.73 Å². The third-order valence-corrected chi connectivity index (χ3v) is 0.570. The molecule has 0 atom stereocenters. The Bertz CT molecular complexity index is 145. The van der Waals surface area contributed by atoms with Crippen LogP contribution in [0, 0.1) is 0 Å². The first kappa shape index (κ1) is 4.39. The predicted octanol–water partition coefficient (Wildman–Crippen LogP) is 0.305. The number of nitrogen functional groups attached to an aromatic ring is 1. The van der Waals surface area contributed by atoms with Crippen molar-refractivity contribution >= 4 is 17.5 Å². The maximum atomic E-state index is 5.14. The van der Waals surface area contributed by atoms with Crippen molar-refractivity contribution in [1.29, 1.82) is 0 Å². The average Bonchev–Trinajstić information content (AvgIpc) is 1.87. The Balaban J connectivity index is 3.04. The molecular weight excluding hydrogens is 117 g/mol. The number of halogens is 1. The second kappa shape index (κ2) is 1.38. The Morgan fingerprint density at radius 3 is 2.57 bits per heavy atom. The molecule has 0 aliphatic heterocycles. The molecule has 0 saturated heterocycles. The number of hydrogen-bond donors (Lipinski definition) is 1. The molecule has 0 saturated carbocycles. The van der Waals surface area contributed by atoms with Crippen molar-refractivity contribution in [1.82, 2.24) is 10.1 Å². The molecule has 0 fully saturated rings. The van der Waals surface area contributed by atoms with Crippen LogP contribution in [-0.4, -0.2) is 10.1 Å². The lowest BCUT2D eigenvalue weighted by atomic mass is 11.1. The summed E-state index contributed by atoms with van der Waals surface area (Å²) >= 11 is 5.14. The summed E-state index contributed by atoms with van der Waals surface area (Å²) in [6.07, 6.45) is 0. The number of anilines is 1. The number of nitrogens with zero attached hydrogens (tertiary/aromatic N) is 2. The minimum Gasteiger partial charge on any atom is -0.365 e. The van der Waals surface area contributed by atoms with Crippen molar-refractivity contribution in [3.63, 3.8) is 0 Å². The molecule has 1 rings (SSSR count). The van der Waals surface area contributed by atoms with E-state index in [1.165, 1.54) is 0 Å². The van der Waals surface area contributed by atoms with Gasteiger partial charge in [0.15, 0.2) is 0 Å². The Hall–Kier alpha value is -0.770. The molecule has 4 nitrogen and oxygen atoms in total. The highest BCUT2D eigenvalue weighted by Gasteiger charge is 1.93. The standard InChI is InChI=1S/C2H2ClN3O/c3-1-5-2(4)6-7-1/h(H2,4,6). The van der Waals surface area contributed by atoms with Crippen molar-refractivity contribution in [2.24, 2.45) is 0 Å². The molecule has 7 heavy (non-hydrogen) atoms. The lowest BCUT2D eigenvalue weighted by Gasteiger charge is -1.63. The fourth-order valence-electron chi connectivity index (χ4n) is 0.215. The van der Waals surface area contributed by atoms with Gasteiger partial charge in [0.1, 0.15) is 0 Å². The van der Waals surface area contributed by atoms with Crippen molar-refractivity contribution in [2.75, 3.05) is 5.73 Å². The molecular formula is C2H2ClN3O. The Kier molecular flexibility index (Phi) is 0.867. The van der Waals surface area contributed by atoms with Crippen molar-refractivity contribution in [3.8, 4) is 0 Å². The largest absolute Gasteiger partial charge is 0.365 e. The number of nitrogens with two attached hydrogens (primary N) is 1. The predicted molar refractivity (Wildman–Crippen MR) is 23.7 cm³/mol. The van der Waals surface area contributed by atoms with Gasteiger partial charge in [-0.15, -0.1) is 0 Å². The molecule has 0 aliphatic carbocycles. The molecule has 0 amide bonds. The molecule has 1 aromatic rings. The molecule has 0 bridgehead atoms. The molecule has 1 aromatic heterocycles. The molecule has 38 valence electrons. The Labute approximate surface area is 44.3 Å². The quantitative estimate of drug-likeness (QED) is 0.534. The van der Waals surface area contributed by atoms with E-state index in [9.17, 15) is 0 Å². The first-order valence-electron chi connectivity index (χ1n) is 1.54. The minimum atomic E-state index is -0.0301. The van der Waals surface area contributed by atoms with Crippen LogP contribution in [0.5, 0.6) is 0 Å². The summed E-state index contributed by atoms with van der Waals surface area (Å²) in [7, 11) is 0. The van der Waals surface area contributed by atoms with Crippen molar-refractivity contribution in [2.45, 2.75) is 0 Å². The summed E-state index contributed by atoms with van der Waals surface area (Å²) < 4.78 is 4.24. The number of aromatic nitrogens is 2. The zero-order valence-electron chi connectivity index (χ0n) is 3.26. The smallest absolute Gasteiger partial charge is 0.322 e. The van der Waals surface area contributed by atoms with E-state index in [0.717, 1.165) is 0 Å². The maximum absolute atomic E-state index is 5.14. The summed E-state index contributed by atoms with van der Waals surface area (Å²) in [6, 6.07) is 0. The van der Waals surface area contributed by atoms with Crippen LogP contribution in [0.2, 0.25) is 5.35 Å². The first-order chi connectivity index (χ1) is 3.29. The second-order valence-corrected chi connectivity index (χ2v) is 1.23. The average molecular weight is 120 g/mol. The minimum absolute atomic E-state index is 0.0301. The SMILES string of the molecule is Nc1noc(Cl)n1. The summed E-state index contributed by atoms with van der Waals surface area (Å²) in [5, 5.41) is 3.15. The molecule has 0 radical (unpaired) electrons. The number of hydrogen-bond acceptors (Lipinski definition) is 4. The van der Waals surface area contributed by atoms with Gasteiger partial charge in [-0.25, -0.2) is 0 Å². The van der Waals surface area contributed by atoms with Gasteiger partial charge in [0.25, 0.3) is 5.95 Å². The maximum Gasteiger partial charge on any atom is 0.322 e. The van der Waals surface area contributed by atoms with E-state index in [-0.39, 0.29) is 11.3 Å². The third kappa shape index (κ3) is 0.806. The summed E-state index contributed by atoms with van der Waals surface area (Å²) in [4.78, 5) is 3.38. The zero-order chi connectivity index (χ0) is 5.28. The molecule has 0 aliphatic rings. The van der Waals surface area contributed by atoms with E-state index in [4.69, 9.17) is 17.3 Å². The van der Waals surface area contributed by atoms with Gasteiger partial charge in [0, 0.05) is 0 Å². The molecule has 0 unspecified atom stereocenters. The molecule has 1 heterocycles. The van der Waals surface area contributed by atoms with Crippen molar-refractivity contribution in [3.05, 3.63) is 5.35 Å². The Morgan fingerprint density at radius 1 is 1.71 bits per heavy atom. The van der Waals surface area contributed by atoms with Gasteiger partial charge in [-0.3, -0.25) is 0 Å². The van der Waals surface area contributed by atoms with Gasteiger partial charge in [-0.05, 0) is 16.8 Å². The molecule has 5 heteroatoms. The first-order valence-corrected chi connectivity index (χ1v) is 1.91. The van der Waals surface area contributed by atoms with E-state index >= 15 is 0 Å². The summed E-state index contributed by atoms with van der Waals surface area (Å²) in [5.74, 6) is 0.0602. The van der Waals surface area contributed by atoms with Crippen LogP contribution in [0.15, 0.2) is 4.52 Å². The van der Waals surface area contributed by atoms with Gasteiger partial charge >= 0.3 is 5.35 Å². The van der Waals surface area contributed by atoms with E-state index < -0.39 is 0 Å². The number of rotatable bonds is 0. The zero-order valence-corrected chi connectivity index (χ0v) is 4.01. The highest BCUT2D eigenvalue weighted by atomic mass is 35.5. The topological polar surface area (TPSA) is 64.9 Å². The molecule has 0 spiro atoms. The Morgan fingerprint density at radius 2 is 2.43 bits per heavy atom. The van der Waals surface area contributed by atoms with Gasteiger partial charge < -0.3 is 10.3 Å². The monoisotopic (exact) mass is 119 g/mol. The van der Waals surface area contributed by atoms with Gasteiger partial charge in [0.05, 0.1) is 0 Å². The van der Waals surface area contributed by atoms with Crippen LogP contribution in [-0.2, 0) is 0 Å². The molecule has 2 N–H and O–H groups in total. The van der Waals surface area contributed by atoms with E-state index in [1.807, 2.05) is 0 Å². The second-order valence-electron chi connectivity index (χ2n) is 0.906. The van der Waals surface area contributed by atoms with Crippen LogP contribution in [0.3, 0.4) is 0 Å². The lowest BCUT2D eigenvalue weighted by Crippen LogP contribution is -1.83.